The van der Waals surface area contributed by atoms with Gasteiger partial charge in [-0.1, -0.05) is 0 Å². The summed E-state index contributed by atoms with van der Waals surface area (Å²) in [6, 6.07) is 1.23. The Bertz CT molecular complexity index is 1010. The van der Waals surface area contributed by atoms with Gasteiger partial charge in [0.15, 0.2) is 17.4 Å². The molecule has 0 spiro atoms. The maximum atomic E-state index is 14.9. The second-order valence-electron chi connectivity index (χ2n) is 8.25. The molecule has 1 aliphatic carbocycles. The summed E-state index contributed by atoms with van der Waals surface area (Å²) in [6.07, 6.45) is 2.37. The summed E-state index contributed by atoms with van der Waals surface area (Å²) in [5.41, 5.74) is 5.50. The van der Waals surface area contributed by atoms with Crippen molar-refractivity contribution in [3.63, 3.8) is 0 Å². The Morgan fingerprint density at radius 1 is 1.39 bits per heavy atom. The van der Waals surface area contributed by atoms with E-state index in [1.807, 2.05) is 18.7 Å². The number of nitrogens with two attached hydrogens (primary N) is 1. The molecule has 3 heterocycles. The third-order valence-electron chi connectivity index (χ3n) is 5.58. The van der Waals surface area contributed by atoms with Crippen LogP contribution in [-0.4, -0.2) is 39.4 Å². The minimum atomic E-state index is -1.59. The van der Waals surface area contributed by atoms with Gasteiger partial charge in [-0.05, 0) is 45.1 Å². The average Bonchev–Trinajstić information content (AvgIpc) is 3.31. The van der Waals surface area contributed by atoms with Gasteiger partial charge < -0.3 is 25.0 Å². The third kappa shape index (κ3) is 3.30. The number of carboxylic acid groups (broad SMARTS) is 1. The lowest BCUT2D eigenvalue weighted by Crippen LogP contribution is -2.42. The number of rotatable bonds is 4. The predicted molar refractivity (Wildman–Crippen MR) is 101 cm³/mol. The van der Waals surface area contributed by atoms with E-state index >= 15 is 0 Å². The molecule has 2 aliphatic rings. The molecule has 150 valence electrons. The van der Waals surface area contributed by atoms with Crippen LogP contribution in [0.5, 0.6) is 5.75 Å². The molecule has 4 rings (SSSR count). The number of hydrogen-bond donors (Lipinski definition) is 2. The summed E-state index contributed by atoms with van der Waals surface area (Å²) >= 11 is 0. The normalized spacial score (nSPS) is 20.0. The van der Waals surface area contributed by atoms with Gasteiger partial charge in [-0.3, -0.25) is 4.79 Å². The molecule has 1 saturated carbocycles. The summed E-state index contributed by atoms with van der Waals surface area (Å²) < 4.78 is 21.2. The smallest absolute Gasteiger partial charge is 0.449 e. The van der Waals surface area contributed by atoms with Gasteiger partial charge in [0.25, 0.3) is 0 Å². The van der Waals surface area contributed by atoms with Crippen LogP contribution in [0.3, 0.4) is 0 Å². The highest BCUT2D eigenvalue weighted by Crippen LogP contribution is 2.38. The van der Waals surface area contributed by atoms with E-state index in [2.05, 4.69) is 9.72 Å². The summed E-state index contributed by atoms with van der Waals surface area (Å²) in [5, 5.41) is 8.88. The Kier molecular flexibility index (Phi) is 4.29. The van der Waals surface area contributed by atoms with Crippen LogP contribution in [0, 0.1) is 11.7 Å². The zero-order valence-electron chi connectivity index (χ0n) is 15.8. The van der Waals surface area contributed by atoms with Crippen LogP contribution >= 0.6 is 0 Å². The quantitative estimate of drug-likeness (QED) is 0.772. The van der Waals surface area contributed by atoms with Crippen molar-refractivity contribution in [1.82, 2.24) is 9.55 Å². The lowest BCUT2D eigenvalue weighted by Gasteiger charge is -2.27. The molecule has 0 amide bonds. The molecule has 1 aliphatic heterocycles. The monoisotopic (exact) mass is 390 g/mol. The molecule has 9 heteroatoms. The first kappa shape index (κ1) is 18.7. The van der Waals surface area contributed by atoms with Crippen molar-refractivity contribution in [1.29, 1.82) is 0 Å². The molecule has 2 aromatic heterocycles. The highest BCUT2D eigenvalue weighted by molar-refractivity contribution is 5.80. The molecule has 1 saturated heterocycles. The van der Waals surface area contributed by atoms with Crippen LogP contribution in [-0.2, 0) is 0 Å². The Labute approximate surface area is 160 Å². The van der Waals surface area contributed by atoms with Crippen molar-refractivity contribution in [3.05, 3.63) is 28.3 Å². The molecule has 2 fully saturated rings. The summed E-state index contributed by atoms with van der Waals surface area (Å²) in [4.78, 5) is 29.8. The van der Waals surface area contributed by atoms with Gasteiger partial charge in [0, 0.05) is 24.7 Å². The lowest BCUT2D eigenvalue weighted by atomic mass is 9.88. The Balaban J connectivity index is 1.81. The fraction of sp³-hybridized carbons (Fsp3) is 0.526. The largest absolute Gasteiger partial charge is 0.511 e. The summed E-state index contributed by atoms with van der Waals surface area (Å²) in [5.74, 6) is -0.553. The number of hydrogen-bond acceptors (Lipinski definition) is 6. The SMILES string of the molecule is CC(C)(N)[C@@H]1CCN(c2nc3c(cc2F)c(=O)c(OC(=O)O)cn3C2CC2)C1. The highest BCUT2D eigenvalue weighted by Gasteiger charge is 2.34. The molecule has 0 bridgehead atoms. The number of ether oxygens (including phenoxy) is 1. The van der Waals surface area contributed by atoms with Crippen LogP contribution in [0.1, 0.15) is 39.2 Å². The van der Waals surface area contributed by atoms with Crippen molar-refractivity contribution in [2.75, 3.05) is 18.0 Å². The van der Waals surface area contributed by atoms with Crippen LogP contribution in [0.2, 0.25) is 0 Å². The van der Waals surface area contributed by atoms with Crippen LogP contribution in [0.25, 0.3) is 11.0 Å². The van der Waals surface area contributed by atoms with Crippen molar-refractivity contribution in [2.24, 2.45) is 11.7 Å². The number of fused-ring (bicyclic) bond motifs is 1. The Hall–Kier alpha value is -2.68. The lowest BCUT2D eigenvalue weighted by molar-refractivity contribution is 0.143. The van der Waals surface area contributed by atoms with Gasteiger partial charge in [-0.15, -0.1) is 0 Å². The standard InChI is InChI=1S/C19H23FN4O4/c1-19(2,21)10-5-6-23(8-10)17-13(20)7-12-15(25)14(28-18(26)27)9-24(11-3-4-11)16(12)22-17/h7,9-11H,3-6,8,21H2,1-2H3,(H,26,27)/t10-/m1/s1. The first-order valence-electron chi connectivity index (χ1n) is 9.35. The average molecular weight is 390 g/mol. The van der Waals surface area contributed by atoms with E-state index in [0.717, 1.165) is 25.3 Å². The van der Waals surface area contributed by atoms with Crippen molar-refractivity contribution >= 4 is 23.0 Å². The molecule has 28 heavy (non-hydrogen) atoms. The first-order valence-corrected chi connectivity index (χ1v) is 9.35. The second-order valence-corrected chi connectivity index (χ2v) is 8.25. The fourth-order valence-electron chi connectivity index (χ4n) is 3.79. The molecule has 2 aromatic rings. The van der Waals surface area contributed by atoms with Crippen LogP contribution in [0.15, 0.2) is 17.1 Å². The van der Waals surface area contributed by atoms with E-state index < -0.39 is 17.4 Å². The van der Waals surface area contributed by atoms with E-state index in [1.165, 1.54) is 6.20 Å². The van der Waals surface area contributed by atoms with Crippen molar-refractivity contribution in [3.8, 4) is 5.75 Å². The number of nitrogens with zero attached hydrogens (tertiary/aromatic N) is 3. The molecule has 1 atom stereocenters. The number of aromatic nitrogens is 2. The maximum Gasteiger partial charge on any atom is 0.511 e. The minimum absolute atomic E-state index is 0.0156. The first-order chi connectivity index (χ1) is 13.1. The van der Waals surface area contributed by atoms with Crippen molar-refractivity contribution in [2.45, 2.75) is 44.7 Å². The zero-order valence-corrected chi connectivity index (χ0v) is 15.8. The molecule has 8 nitrogen and oxygen atoms in total. The third-order valence-corrected chi connectivity index (χ3v) is 5.58. The topological polar surface area (TPSA) is 111 Å². The second kappa shape index (κ2) is 6.44. The van der Waals surface area contributed by atoms with E-state index in [-0.39, 0.29) is 34.5 Å². The summed E-state index contributed by atoms with van der Waals surface area (Å²) in [7, 11) is 0. The fourth-order valence-corrected chi connectivity index (χ4v) is 3.79. The number of pyridine rings is 2. The molecule has 0 aromatic carbocycles. The number of anilines is 1. The molecular weight excluding hydrogens is 367 g/mol. The number of halogens is 1. The van der Waals surface area contributed by atoms with Gasteiger partial charge in [0.1, 0.15) is 5.65 Å². The predicted octanol–water partition coefficient (Wildman–Crippen LogP) is 2.49. The van der Waals surface area contributed by atoms with Crippen LogP contribution < -0.4 is 20.8 Å². The van der Waals surface area contributed by atoms with E-state index in [9.17, 15) is 14.0 Å². The molecule has 0 unspecified atom stereocenters. The van der Waals surface area contributed by atoms with Gasteiger partial charge >= 0.3 is 6.16 Å². The summed E-state index contributed by atoms with van der Waals surface area (Å²) in [6.45, 7) is 5.14. The van der Waals surface area contributed by atoms with Crippen molar-refractivity contribution < 1.29 is 19.0 Å². The van der Waals surface area contributed by atoms with Crippen LogP contribution in [0.4, 0.5) is 15.0 Å². The molecular formula is C19H23FN4O4. The van der Waals surface area contributed by atoms with Gasteiger partial charge in [-0.2, -0.15) is 0 Å². The Morgan fingerprint density at radius 2 is 2.11 bits per heavy atom. The maximum absolute atomic E-state index is 14.9. The van der Waals surface area contributed by atoms with E-state index in [0.29, 0.717) is 18.7 Å². The molecule has 0 radical (unpaired) electrons. The Morgan fingerprint density at radius 3 is 2.68 bits per heavy atom. The van der Waals surface area contributed by atoms with Gasteiger partial charge in [0.2, 0.25) is 5.43 Å². The highest BCUT2D eigenvalue weighted by atomic mass is 19.1. The van der Waals surface area contributed by atoms with E-state index in [1.54, 1.807) is 4.57 Å². The van der Waals surface area contributed by atoms with Gasteiger partial charge in [-0.25, -0.2) is 14.2 Å². The number of carbonyl (C=O) groups is 1. The van der Waals surface area contributed by atoms with Gasteiger partial charge in [0.05, 0.1) is 11.6 Å². The minimum Gasteiger partial charge on any atom is -0.449 e. The molecule has 3 N–H and O–H groups in total. The zero-order chi connectivity index (χ0) is 20.2. The van der Waals surface area contributed by atoms with E-state index in [4.69, 9.17) is 10.8 Å².